The van der Waals surface area contributed by atoms with Gasteiger partial charge in [-0.3, -0.25) is 33.6 Å². The summed E-state index contributed by atoms with van der Waals surface area (Å²) in [6, 6.07) is -2.48. The van der Waals surface area contributed by atoms with Crippen LogP contribution in [0.25, 0.3) is 0 Å². The van der Waals surface area contributed by atoms with Crippen LogP contribution in [0.15, 0.2) is 0 Å². The Bertz CT molecular complexity index is 978. The van der Waals surface area contributed by atoms with Crippen LogP contribution in [-0.2, 0) is 47.8 Å². The molecule has 44 heavy (non-hydrogen) atoms. The number of carboxylic acid groups (broad SMARTS) is 1. The fourth-order valence-electron chi connectivity index (χ4n) is 3.13. The van der Waals surface area contributed by atoms with Gasteiger partial charge >= 0.3 is 5.97 Å². The van der Waals surface area contributed by atoms with Crippen LogP contribution in [0.5, 0.6) is 0 Å². The molecule has 0 spiro atoms. The number of primary amides is 1. The zero-order valence-corrected chi connectivity index (χ0v) is 25.2. The summed E-state index contributed by atoms with van der Waals surface area (Å²) in [5, 5.41) is 23.3. The summed E-state index contributed by atoms with van der Waals surface area (Å²) in [6.45, 7) is 3.53. The second-order valence-corrected chi connectivity index (χ2v) is 9.31. The van der Waals surface area contributed by atoms with Crippen LogP contribution in [0.4, 0.5) is 0 Å². The van der Waals surface area contributed by atoms with Gasteiger partial charge in [0.25, 0.3) is 0 Å². The lowest BCUT2D eigenvalue weighted by molar-refractivity contribution is -0.142. The summed E-state index contributed by atoms with van der Waals surface area (Å²) >= 11 is 0. The largest absolute Gasteiger partial charge is 0.480 e. The second kappa shape index (κ2) is 24.2. The van der Waals surface area contributed by atoms with E-state index in [2.05, 4.69) is 31.9 Å². The molecule has 0 aromatic carbocycles. The van der Waals surface area contributed by atoms with E-state index < -0.39 is 66.6 Å². The monoisotopic (exact) mass is 631 g/mol. The molecule has 250 valence electrons. The molecule has 2 atom stereocenters. The van der Waals surface area contributed by atoms with Gasteiger partial charge in [0.1, 0.15) is 12.1 Å². The first kappa shape index (κ1) is 39.7. The molecule has 9 N–H and O–H groups in total. The number of carboxylic acids is 1. The number of nitrogens with one attached hydrogen (secondary N) is 6. The molecule has 0 aromatic heterocycles. The maximum atomic E-state index is 12.1. The molecule has 0 radical (unpaired) electrons. The molecular formula is C26H45N7O11. The highest BCUT2D eigenvalue weighted by Crippen LogP contribution is 1.99. The average Bonchev–Trinajstić information content (AvgIpc) is 2.98. The molecule has 18 heteroatoms. The fraction of sp³-hybridized carbons (Fsp3) is 0.692. The number of ether oxygens (including phenoxy) is 2. The molecule has 0 fully saturated rings. The van der Waals surface area contributed by atoms with Gasteiger partial charge in [-0.05, 0) is 12.8 Å². The summed E-state index contributed by atoms with van der Waals surface area (Å²) < 4.78 is 10.5. The third kappa shape index (κ3) is 21.4. The Labute approximate surface area is 255 Å². The predicted molar refractivity (Wildman–Crippen MR) is 153 cm³/mol. The molecule has 0 aliphatic rings. The van der Waals surface area contributed by atoms with E-state index in [0.717, 1.165) is 6.42 Å². The van der Waals surface area contributed by atoms with E-state index in [9.17, 15) is 38.4 Å². The van der Waals surface area contributed by atoms with Gasteiger partial charge in [0, 0.05) is 45.4 Å². The third-order valence-electron chi connectivity index (χ3n) is 5.55. The van der Waals surface area contributed by atoms with Crippen LogP contribution in [0.1, 0.15) is 52.4 Å². The van der Waals surface area contributed by atoms with E-state index in [1.807, 2.05) is 6.92 Å². The Hall–Kier alpha value is -4.32. The number of amides is 7. The smallest absolute Gasteiger partial charge is 0.326 e. The van der Waals surface area contributed by atoms with Crippen LogP contribution in [0.2, 0.25) is 0 Å². The molecular weight excluding hydrogens is 586 g/mol. The van der Waals surface area contributed by atoms with Crippen molar-refractivity contribution in [3.05, 3.63) is 0 Å². The molecule has 7 amide bonds. The lowest BCUT2D eigenvalue weighted by Gasteiger charge is -2.16. The molecule has 0 aliphatic carbocycles. The van der Waals surface area contributed by atoms with Crippen molar-refractivity contribution < 1.29 is 52.9 Å². The van der Waals surface area contributed by atoms with Crippen LogP contribution in [0.3, 0.4) is 0 Å². The van der Waals surface area contributed by atoms with Crippen molar-refractivity contribution in [2.75, 3.05) is 52.6 Å². The molecule has 0 heterocycles. The Morgan fingerprint density at radius 2 is 1.18 bits per heavy atom. The van der Waals surface area contributed by atoms with Gasteiger partial charge < -0.3 is 52.2 Å². The van der Waals surface area contributed by atoms with E-state index in [4.69, 9.17) is 20.3 Å². The molecule has 0 bridgehead atoms. The zero-order valence-electron chi connectivity index (χ0n) is 25.2. The molecule has 0 aliphatic heterocycles. The Morgan fingerprint density at radius 1 is 0.636 bits per heavy atom. The highest BCUT2D eigenvalue weighted by Gasteiger charge is 2.21. The van der Waals surface area contributed by atoms with Crippen molar-refractivity contribution in [1.82, 2.24) is 31.9 Å². The van der Waals surface area contributed by atoms with Crippen molar-refractivity contribution in [3.63, 3.8) is 0 Å². The van der Waals surface area contributed by atoms with E-state index >= 15 is 0 Å². The van der Waals surface area contributed by atoms with E-state index in [-0.39, 0.29) is 64.3 Å². The normalized spacial score (nSPS) is 11.8. The zero-order chi connectivity index (χ0) is 33.3. The molecule has 0 aromatic rings. The first-order valence-electron chi connectivity index (χ1n) is 14.2. The first-order valence-corrected chi connectivity index (χ1v) is 14.2. The second-order valence-electron chi connectivity index (χ2n) is 9.31. The standard InChI is InChI=1S/C26H45N7O11/c1-3-10-43-11-7-21(36)28-9-13-44-12-8-22(37)33-18(25(27)40)14-29-23(38)16-31-24(39)15-30-20(35)6-5-17(26(41)42)32-19(34)4-2/h17-18H,3-16H2,1-2H3,(H2,27,40)(H,28,36)(H,29,38)(H,30,35)(H,31,39)(H,32,34)(H,33,37)(H,41,42). The van der Waals surface area contributed by atoms with Crippen LogP contribution in [-0.4, -0.2) is 117 Å². The van der Waals surface area contributed by atoms with E-state index in [1.165, 1.54) is 0 Å². The SMILES string of the molecule is CCCOCCC(=O)NCCOCCC(=O)NC(CNC(=O)CNC(=O)CNC(=O)CCC(NC(=O)CC)C(=O)O)C(N)=O. The van der Waals surface area contributed by atoms with Crippen molar-refractivity contribution >= 4 is 47.3 Å². The Balaban J connectivity index is 4.18. The van der Waals surface area contributed by atoms with Crippen LogP contribution < -0.4 is 37.6 Å². The average molecular weight is 632 g/mol. The van der Waals surface area contributed by atoms with Gasteiger partial charge in [-0.2, -0.15) is 0 Å². The van der Waals surface area contributed by atoms with Gasteiger partial charge in [-0.25, -0.2) is 4.79 Å². The maximum absolute atomic E-state index is 12.1. The summed E-state index contributed by atoms with van der Waals surface area (Å²) in [5.41, 5.74) is 5.28. The molecule has 18 nitrogen and oxygen atoms in total. The highest BCUT2D eigenvalue weighted by atomic mass is 16.5. The number of rotatable bonds is 25. The van der Waals surface area contributed by atoms with Gasteiger partial charge in [-0.1, -0.05) is 13.8 Å². The summed E-state index contributed by atoms with van der Waals surface area (Å²) in [7, 11) is 0. The summed E-state index contributed by atoms with van der Waals surface area (Å²) in [6.07, 6.45) is 0.624. The lowest BCUT2D eigenvalue weighted by atomic mass is 10.1. The highest BCUT2D eigenvalue weighted by molar-refractivity contribution is 5.90. The molecule has 0 saturated carbocycles. The van der Waals surface area contributed by atoms with Crippen molar-refractivity contribution in [2.24, 2.45) is 5.73 Å². The first-order chi connectivity index (χ1) is 20.9. The number of hydrogen-bond donors (Lipinski definition) is 8. The number of carbonyl (C=O) groups excluding carboxylic acids is 7. The maximum Gasteiger partial charge on any atom is 0.326 e. The van der Waals surface area contributed by atoms with Crippen LogP contribution >= 0.6 is 0 Å². The molecule has 0 saturated heterocycles. The third-order valence-corrected chi connectivity index (χ3v) is 5.55. The van der Waals surface area contributed by atoms with Gasteiger partial charge in [0.2, 0.25) is 41.4 Å². The van der Waals surface area contributed by atoms with Gasteiger partial charge in [-0.15, -0.1) is 0 Å². The lowest BCUT2D eigenvalue weighted by Crippen LogP contribution is -2.52. The number of hydrogen-bond acceptors (Lipinski definition) is 10. The van der Waals surface area contributed by atoms with Crippen LogP contribution in [0, 0.1) is 0 Å². The number of nitrogens with two attached hydrogens (primary N) is 1. The van der Waals surface area contributed by atoms with Gasteiger partial charge in [0.05, 0.1) is 32.9 Å². The fourth-order valence-corrected chi connectivity index (χ4v) is 3.13. The van der Waals surface area contributed by atoms with Crippen molar-refractivity contribution in [2.45, 2.75) is 64.5 Å². The topological polar surface area (TPSA) is 273 Å². The van der Waals surface area contributed by atoms with Crippen molar-refractivity contribution in [1.29, 1.82) is 0 Å². The minimum absolute atomic E-state index is 0.0112. The minimum atomic E-state index is -1.30. The quantitative estimate of drug-likeness (QED) is 0.0456. The molecule has 2 unspecified atom stereocenters. The summed E-state index contributed by atoms with van der Waals surface area (Å²) in [5.74, 6) is -5.49. The number of aliphatic carboxylic acids is 1. The van der Waals surface area contributed by atoms with E-state index in [0.29, 0.717) is 13.2 Å². The number of carbonyl (C=O) groups is 8. The molecule has 0 rings (SSSR count). The minimum Gasteiger partial charge on any atom is -0.480 e. The van der Waals surface area contributed by atoms with Crippen molar-refractivity contribution in [3.8, 4) is 0 Å². The summed E-state index contributed by atoms with van der Waals surface area (Å²) in [4.78, 5) is 93.8. The predicted octanol–water partition coefficient (Wildman–Crippen LogP) is -3.60. The Morgan fingerprint density at radius 3 is 1.77 bits per heavy atom. The van der Waals surface area contributed by atoms with E-state index in [1.54, 1.807) is 6.92 Å². The Kier molecular flexibility index (Phi) is 21.8. The van der Waals surface area contributed by atoms with Gasteiger partial charge in [0.15, 0.2) is 0 Å².